The highest BCUT2D eigenvalue weighted by molar-refractivity contribution is 7.13. The first-order valence-electron chi connectivity index (χ1n) is 7.96. The van der Waals surface area contributed by atoms with E-state index < -0.39 is 0 Å². The Morgan fingerprint density at radius 2 is 2.25 bits per heavy atom. The Hall–Kier alpha value is -2.19. The van der Waals surface area contributed by atoms with Crippen molar-refractivity contribution in [2.75, 3.05) is 24.5 Å². The summed E-state index contributed by atoms with van der Waals surface area (Å²) in [5.41, 5.74) is 1.08. The lowest BCUT2D eigenvalue weighted by molar-refractivity contribution is 0.202. The van der Waals surface area contributed by atoms with Crippen LogP contribution in [0.1, 0.15) is 18.5 Å². The standard InChI is InChI=1S/C16H19N5O2S/c1-11-10-24-16(17-11)21-6-5-20(8-12(21)2)9-14-18-19-15(23-14)13-4-3-7-22-13/h3-4,7,10,12H,5-6,8-9H2,1-2H3/t12-/m1/s1. The molecule has 126 valence electrons. The zero-order chi connectivity index (χ0) is 16.5. The number of hydrogen-bond donors (Lipinski definition) is 0. The van der Waals surface area contributed by atoms with E-state index in [1.807, 2.05) is 13.0 Å². The number of aromatic nitrogens is 3. The number of piperazine rings is 1. The number of thiazole rings is 1. The summed E-state index contributed by atoms with van der Waals surface area (Å²) in [6, 6.07) is 4.02. The molecule has 1 aliphatic heterocycles. The number of rotatable bonds is 4. The van der Waals surface area contributed by atoms with Gasteiger partial charge >= 0.3 is 0 Å². The summed E-state index contributed by atoms with van der Waals surface area (Å²) in [7, 11) is 0. The minimum absolute atomic E-state index is 0.400. The third kappa shape index (κ3) is 3.07. The van der Waals surface area contributed by atoms with Gasteiger partial charge in [0.25, 0.3) is 5.89 Å². The van der Waals surface area contributed by atoms with Crippen molar-refractivity contribution in [1.29, 1.82) is 0 Å². The molecule has 3 aromatic heterocycles. The highest BCUT2D eigenvalue weighted by atomic mass is 32.1. The van der Waals surface area contributed by atoms with Crippen molar-refractivity contribution < 1.29 is 8.83 Å². The SMILES string of the molecule is Cc1csc(N2CCN(Cc3nnc(-c4ccco4)o3)C[C@H]2C)n1. The molecule has 4 rings (SSSR count). The molecular weight excluding hydrogens is 326 g/mol. The van der Waals surface area contributed by atoms with Crippen LogP contribution in [0.25, 0.3) is 11.7 Å². The zero-order valence-corrected chi connectivity index (χ0v) is 14.5. The van der Waals surface area contributed by atoms with E-state index >= 15 is 0 Å². The van der Waals surface area contributed by atoms with Crippen molar-refractivity contribution in [3.8, 4) is 11.7 Å². The van der Waals surface area contributed by atoms with Gasteiger partial charge in [0.1, 0.15) is 0 Å². The van der Waals surface area contributed by atoms with Gasteiger partial charge in [-0.15, -0.1) is 21.5 Å². The van der Waals surface area contributed by atoms with Crippen molar-refractivity contribution in [2.45, 2.75) is 26.4 Å². The lowest BCUT2D eigenvalue weighted by atomic mass is 10.2. The van der Waals surface area contributed by atoms with Gasteiger partial charge in [-0.05, 0) is 26.0 Å². The van der Waals surface area contributed by atoms with Crippen LogP contribution in [0.15, 0.2) is 32.6 Å². The van der Waals surface area contributed by atoms with E-state index in [0.29, 0.717) is 30.1 Å². The Morgan fingerprint density at radius 1 is 1.33 bits per heavy atom. The van der Waals surface area contributed by atoms with Crippen molar-refractivity contribution >= 4 is 16.5 Å². The van der Waals surface area contributed by atoms with Gasteiger partial charge in [-0.2, -0.15) is 0 Å². The third-order valence-electron chi connectivity index (χ3n) is 4.12. The molecule has 24 heavy (non-hydrogen) atoms. The van der Waals surface area contributed by atoms with Crippen LogP contribution in [-0.4, -0.2) is 45.8 Å². The maximum Gasteiger partial charge on any atom is 0.283 e. The second kappa shape index (κ2) is 6.37. The highest BCUT2D eigenvalue weighted by Gasteiger charge is 2.26. The molecule has 0 bridgehead atoms. The van der Waals surface area contributed by atoms with E-state index in [-0.39, 0.29) is 0 Å². The molecule has 8 heteroatoms. The fourth-order valence-corrected chi connectivity index (χ4v) is 3.87. The van der Waals surface area contributed by atoms with Crippen molar-refractivity contribution in [1.82, 2.24) is 20.1 Å². The minimum Gasteiger partial charge on any atom is -0.459 e. The fraction of sp³-hybridized carbons (Fsp3) is 0.438. The molecule has 0 spiro atoms. The van der Waals surface area contributed by atoms with Gasteiger partial charge in [0, 0.05) is 31.1 Å². The van der Waals surface area contributed by atoms with Gasteiger partial charge in [0.05, 0.1) is 18.5 Å². The van der Waals surface area contributed by atoms with Crippen LogP contribution in [-0.2, 0) is 6.54 Å². The van der Waals surface area contributed by atoms with Gasteiger partial charge in [0.2, 0.25) is 5.89 Å². The Labute approximate surface area is 143 Å². The predicted octanol–water partition coefficient (Wildman–Crippen LogP) is 2.81. The number of anilines is 1. The lowest BCUT2D eigenvalue weighted by Gasteiger charge is -2.39. The Bertz CT molecular complexity index is 797. The molecular formula is C16H19N5O2S. The summed E-state index contributed by atoms with van der Waals surface area (Å²) in [5, 5.41) is 11.4. The molecule has 7 nitrogen and oxygen atoms in total. The normalized spacial score (nSPS) is 19.1. The topological polar surface area (TPSA) is 71.4 Å². The Balaban J connectivity index is 1.39. The van der Waals surface area contributed by atoms with E-state index in [9.17, 15) is 0 Å². The first kappa shape index (κ1) is 15.3. The smallest absolute Gasteiger partial charge is 0.283 e. The molecule has 0 aliphatic carbocycles. The molecule has 1 fully saturated rings. The molecule has 1 saturated heterocycles. The molecule has 0 N–H and O–H groups in total. The van der Waals surface area contributed by atoms with Gasteiger partial charge in [-0.1, -0.05) is 0 Å². The molecule has 0 radical (unpaired) electrons. The highest BCUT2D eigenvalue weighted by Crippen LogP contribution is 2.25. The lowest BCUT2D eigenvalue weighted by Crippen LogP contribution is -2.51. The average molecular weight is 345 g/mol. The number of furan rings is 1. The average Bonchev–Trinajstić information content (AvgIpc) is 3.28. The molecule has 0 unspecified atom stereocenters. The molecule has 0 amide bonds. The predicted molar refractivity (Wildman–Crippen MR) is 90.9 cm³/mol. The second-order valence-corrected chi connectivity index (χ2v) is 6.86. The van der Waals surface area contributed by atoms with Crippen molar-refractivity contribution in [2.24, 2.45) is 0 Å². The first-order valence-corrected chi connectivity index (χ1v) is 8.84. The summed E-state index contributed by atoms with van der Waals surface area (Å²) >= 11 is 1.71. The van der Waals surface area contributed by atoms with E-state index in [0.717, 1.165) is 30.5 Å². The molecule has 4 heterocycles. The number of aryl methyl sites for hydroxylation is 1. The maximum atomic E-state index is 5.70. The quantitative estimate of drug-likeness (QED) is 0.720. The molecule has 0 aromatic carbocycles. The van der Waals surface area contributed by atoms with Crippen LogP contribution < -0.4 is 4.90 Å². The van der Waals surface area contributed by atoms with Crippen LogP contribution >= 0.6 is 11.3 Å². The van der Waals surface area contributed by atoms with E-state index in [4.69, 9.17) is 8.83 Å². The molecule has 0 saturated carbocycles. The monoisotopic (exact) mass is 345 g/mol. The van der Waals surface area contributed by atoms with Crippen molar-refractivity contribution in [3.63, 3.8) is 0 Å². The van der Waals surface area contributed by atoms with Crippen molar-refractivity contribution in [3.05, 3.63) is 35.4 Å². The number of nitrogens with zero attached hydrogens (tertiary/aromatic N) is 5. The van der Waals surface area contributed by atoms with Crippen LogP contribution in [0.4, 0.5) is 5.13 Å². The van der Waals surface area contributed by atoms with Crippen LogP contribution in [0.5, 0.6) is 0 Å². The summed E-state index contributed by atoms with van der Waals surface area (Å²) in [6.45, 7) is 7.76. The zero-order valence-electron chi connectivity index (χ0n) is 13.7. The Morgan fingerprint density at radius 3 is 2.96 bits per heavy atom. The van der Waals surface area contributed by atoms with Crippen LogP contribution in [0.2, 0.25) is 0 Å². The fourth-order valence-electron chi connectivity index (χ4n) is 2.94. The number of hydrogen-bond acceptors (Lipinski definition) is 8. The summed E-state index contributed by atoms with van der Waals surface area (Å²) in [5.74, 6) is 1.65. The van der Waals surface area contributed by atoms with Gasteiger partial charge in [-0.25, -0.2) is 4.98 Å². The van der Waals surface area contributed by atoms with Gasteiger partial charge in [-0.3, -0.25) is 4.90 Å². The van der Waals surface area contributed by atoms with Gasteiger partial charge < -0.3 is 13.7 Å². The Kier molecular flexibility index (Phi) is 4.07. The van der Waals surface area contributed by atoms with Crippen LogP contribution in [0.3, 0.4) is 0 Å². The largest absolute Gasteiger partial charge is 0.459 e. The van der Waals surface area contributed by atoms with Gasteiger partial charge in [0.15, 0.2) is 10.9 Å². The molecule has 1 aliphatic rings. The first-order chi connectivity index (χ1) is 11.7. The third-order valence-corrected chi connectivity index (χ3v) is 5.12. The van der Waals surface area contributed by atoms with Crippen LogP contribution in [0, 0.1) is 6.92 Å². The second-order valence-electron chi connectivity index (χ2n) is 6.03. The summed E-state index contributed by atoms with van der Waals surface area (Å²) in [4.78, 5) is 9.31. The molecule has 1 atom stereocenters. The van der Waals surface area contributed by atoms with E-state index in [1.165, 1.54) is 0 Å². The molecule has 3 aromatic rings. The van der Waals surface area contributed by atoms with E-state index in [2.05, 4.69) is 37.3 Å². The summed E-state index contributed by atoms with van der Waals surface area (Å²) in [6.07, 6.45) is 1.60. The maximum absolute atomic E-state index is 5.70. The minimum atomic E-state index is 0.400. The van der Waals surface area contributed by atoms with E-state index in [1.54, 1.807) is 23.7 Å². The summed E-state index contributed by atoms with van der Waals surface area (Å²) < 4.78 is 11.0.